The number of nitrogens with zero attached hydrogens (tertiary/aromatic N) is 4. The Morgan fingerprint density at radius 2 is 1.83 bits per heavy atom. The van der Waals surface area contributed by atoms with E-state index in [2.05, 4.69) is 19.9 Å². The maximum atomic E-state index is 12.4. The van der Waals surface area contributed by atoms with E-state index in [0.29, 0.717) is 10.7 Å². The molecule has 1 aliphatic heterocycles. The zero-order chi connectivity index (χ0) is 21.1. The van der Waals surface area contributed by atoms with Crippen LogP contribution in [0.2, 0.25) is 0 Å². The highest BCUT2D eigenvalue weighted by atomic mass is 32.2. The van der Waals surface area contributed by atoms with E-state index in [9.17, 15) is 13.2 Å². The number of hydrogen-bond acceptors (Lipinski definition) is 8. The summed E-state index contributed by atoms with van der Waals surface area (Å²) in [5.41, 5.74) is 1.67. The molecule has 1 aromatic heterocycles. The van der Waals surface area contributed by atoms with E-state index >= 15 is 0 Å². The van der Waals surface area contributed by atoms with Crippen LogP contribution in [0, 0.1) is 0 Å². The molecule has 1 amide bonds. The second-order valence-electron chi connectivity index (χ2n) is 6.44. The highest BCUT2D eigenvalue weighted by Crippen LogP contribution is 2.29. The molecule has 154 valence electrons. The average molecular weight is 460 g/mol. The normalized spacial score (nSPS) is 14.1. The molecule has 4 rings (SSSR count). The number of aromatic nitrogens is 2. The third-order valence-corrected chi connectivity index (χ3v) is 7.58. The van der Waals surface area contributed by atoms with E-state index in [1.54, 1.807) is 37.0 Å². The molecule has 0 saturated carbocycles. The molecule has 0 bridgehead atoms. The fourth-order valence-corrected chi connectivity index (χ4v) is 5.83. The molecule has 0 spiro atoms. The van der Waals surface area contributed by atoms with Crippen molar-refractivity contribution in [3.05, 3.63) is 65.7 Å². The standard InChI is InChI=1S/C19H17N5O3S3/c1-24(17-14-9-5-6-10-15(14)30(26,27)23-17)11-16(25)20-18-21-22-19(29-18)28-12-13-7-3-2-4-8-13/h2-10H,11-12H2,1H3,(H,20,21,25). The molecule has 11 heteroatoms. The number of rotatable bonds is 6. The summed E-state index contributed by atoms with van der Waals surface area (Å²) >= 11 is 2.84. The largest absolute Gasteiger partial charge is 0.349 e. The van der Waals surface area contributed by atoms with Gasteiger partial charge in [-0.2, -0.15) is 8.42 Å². The van der Waals surface area contributed by atoms with Crippen LogP contribution in [0.5, 0.6) is 0 Å². The number of fused-ring (bicyclic) bond motifs is 1. The highest BCUT2D eigenvalue weighted by molar-refractivity contribution is 8.00. The maximum absolute atomic E-state index is 12.4. The van der Waals surface area contributed by atoms with Crippen molar-refractivity contribution < 1.29 is 13.2 Å². The number of benzene rings is 2. The van der Waals surface area contributed by atoms with Crippen LogP contribution in [0.15, 0.2) is 68.2 Å². The van der Waals surface area contributed by atoms with E-state index in [-0.39, 0.29) is 23.2 Å². The Morgan fingerprint density at radius 1 is 1.10 bits per heavy atom. The van der Waals surface area contributed by atoms with Crippen molar-refractivity contribution in [2.75, 3.05) is 18.9 Å². The third-order valence-electron chi connectivity index (χ3n) is 4.21. The molecule has 0 saturated heterocycles. The number of nitrogens with one attached hydrogen (secondary N) is 1. The van der Waals surface area contributed by atoms with Gasteiger partial charge in [0.2, 0.25) is 11.0 Å². The van der Waals surface area contributed by atoms with Crippen molar-refractivity contribution in [1.82, 2.24) is 15.1 Å². The number of amidine groups is 1. The molecule has 3 aromatic rings. The first-order chi connectivity index (χ1) is 14.4. The number of hydrogen-bond donors (Lipinski definition) is 1. The van der Waals surface area contributed by atoms with E-state index in [1.807, 2.05) is 30.3 Å². The van der Waals surface area contributed by atoms with Crippen LogP contribution < -0.4 is 5.32 Å². The topological polar surface area (TPSA) is 105 Å². The molecule has 1 N–H and O–H groups in total. The summed E-state index contributed by atoms with van der Waals surface area (Å²) in [5, 5.41) is 11.2. The Morgan fingerprint density at radius 3 is 2.63 bits per heavy atom. The number of anilines is 1. The molecule has 2 aromatic carbocycles. The van der Waals surface area contributed by atoms with Crippen LogP contribution in [0.1, 0.15) is 11.1 Å². The summed E-state index contributed by atoms with van der Waals surface area (Å²) in [5.74, 6) is 0.676. The van der Waals surface area contributed by atoms with E-state index in [0.717, 1.165) is 10.1 Å². The summed E-state index contributed by atoms with van der Waals surface area (Å²) < 4.78 is 28.9. The second kappa shape index (κ2) is 8.54. The van der Waals surface area contributed by atoms with E-state index in [1.165, 1.54) is 27.9 Å². The summed E-state index contributed by atoms with van der Waals surface area (Å²) in [4.78, 5) is 14.1. The third kappa shape index (κ3) is 4.53. The van der Waals surface area contributed by atoms with Gasteiger partial charge in [-0.1, -0.05) is 65.6 Å². The van der Waals surface area contributed by atoms with Crippen molar-refractivity contribution in [2.24, 2.45) is 4.40 Å². The zero-order valence-electron chi connectivity index (χ0n) is 15.8. The fraction of sp³-hybridized carbons (Fsp3) is 0.158. The van der Waals surface area contributed by atoms with Gasteiger partial charge in [-0.15, -0.1) is 14.6 Å². The van der Waals surface area contributed by atoms with Gasteiger partial charge >= 0.3 is 0 Å². The average Bonchev–Trinajstić information content (AvgIpc) is 3.29. The molecular formula is C19H17N5O3S3. The number of likely N-dealkylation sites (N-methyl/N-ethyl adjacent to an activating group) is 1. The smallest absolute Gasteiger partial charge is 0.285 e. The van der Waals surface area contributed by atoms with Crippen molar-refractivity contribution >= 4 is 50.0 Å². The van der Waals surface area contributed by atoms with Gasteiger partial charge in [0.15, 0.2) is 10.2 Å². The van der Waals surface area contributed by atoms with Gasteiger partial charge < -0.3 is 4.90 Å². The van der Waals surface area contributed by atoms with Crippen LogP contribution >= 0.6 is 23.1 Å². The number of amides is 1. The molecule has 0 unspecified atom stereocenters. The molecule has 0 atom stereocenters. The van der Waals surface area contributed by atoms with Crippen LogP contribution in [-0.4, -0.2) is 48.9 Å². The minimum atomic E-state index is -3.73. The number of carbonyl (C=O) groups excluding carboxylic acids is 1. The summed E-state index contributed by atoms with van der Waals surface area (Å²) in [6.07, 6.45) is 0. The Labute approximate surface area is 182 Å². The quantitative estimate of drug-likeness (QED) is 0.446. The molecule has 0 aliphatic carbocycles. The Kier molecular flexibility index (Phi) is 5.84. The predicted octanol–water partition coefficient (Wildman–Crippen LogP) is 2.85. The first-order valence-electron chi connectivity index (χ1n) is 8.88. The number of thioether (sulfide) groups is 1. The van der Waals surface area contributed by atoms with Crippen LogP contribution in [0.25, 0.3) is 0 Å². The van der Waals surface area contributed by atoms with Crippen LogP contribution in [0.4, 0.5) is 5.13 Å². The number of sulfonamides is 1. The van der Waals surface area contributed by atoms with E-state index in [4.69, 9.17) is 0 Å². The molecule has 8 nitrogen and oxygen atoms in total. The lowest BCUT2D eigenvalue weighted by Gasteiger charge is -2.17. The van der Waals surface area contributed by atoms with E-state index < -0.39 is 10.0 Å². The lowest BCUT2D eigenvalue weighted by molar-refractivity contribution is -0.116. The Bertz CT molecular complexity index is 1210. The lowest BCUT2D eigenvalue weighted by Crippen LogP contribution is -2.34. The zero-order valence-corrected chi connectivity index (χ0v) is 18.3. The Balaban J connectivity index is 1.36. The first-order valence-corrected chi connectivity index (χ1v) is 12.1. The minimum absolute atomic E-state index is 0.0746. The molecule has 0 radical (unpaired) electrons. The monoisotopic (exact) mass is 459 g/mol. The highest BCUT2D eigenvalue weighted by Gasteiger charge is 2.31. The van der Waals surface area contributed by atoms with Gasteiger partial charge in [-0.3, -0.25) is 10.1 Å². The van der Waals surface area contributed by atoms with Gasteiger partial charge in [0.05, 0.1) is 6.54 Å². The molecular weight excluding hydrogens is 442 g/mol. The second-order valence-corrected chi connectivity index (χ2v) is 10.2. The molecule has 2 heterocycles. The van der Waals surface area contributed by atoms with Crippen molar-refractivity contribution in [3.63, 3.8) is 0 Å². The summed E-state index contributed by atoms with van der Waals surface area (Å²) in [6, 6.07) is 16.6. The van der Waals surface area contributed by atoms with Gasteiger partial charge in [0, 0.05) is 18.4 Å². The SMILES string of the molecule is CN(CC(=O)Nc1nnc(SCc2ccccc2)s1)C1=NS(=O)(=O)c2ccccc21. The number of carbonyl (C=O) groups is 1. The van der Waals surface area contributed by atoms with Gasteiger partial charge in [0.25, 0.3) is 10.0 Å². The molecule has 1 aliphatic rings. The van der Waals surface area contributed by atoms with Gasteiger partial charge in [-0.25, -0.2) is 0 Å². The Hall–Kier alpha value is -2.76. The van der Waals surface area contributed by atoms with Gasteiger partial charge in [-0.05, 0) is 17.7 Å². The molecule has 0 fully saturated rings. The fourth-order valence-electron chi connectivity index (χ4n) is 2.85. The van der Waals surface area contributed by atoms with Crippen molar-refractivity contribution in [3.8, 4) is 0 Å². The van der Waals surface area contributed by atoms with Gasteiger partial charge in [0.1, 0.15) is 4.90 Å². The summed E-state index contributed by atoms with van der Waals surface area (Å²) in [6.45, 7) is -0.0746. The predicted molar refractivity (Wildman–Crippen MR) is 117 cm³/mol. The summed E-state index contributed by atoms with van der Waals surface area (Å²) in [7, 11) is -2.11. The first kappa shape index (κ1) is 20.5. The van der Waals surface area contributed by atoms with Crippen molar-refractivity contribution in [2.45, 2.75) is 15.0 Å². The van der Waals surface area contributed by atoms with Crippen molar-refractivity contribution in [1.29, 1.82) is 0 Å². The lowest BCUT2D eigenvalue weighted by atomic mass is 10.2. The minimum Gasteiger partial charge on any atom is -0.349 e. The molecule has 30 heavy (non-hydrogen) atoms. The van der Waals surface area contributed by atoms with Crippen LogP contribution in [0.3, 0.4) is 0 Å². The maximum Gasteiger partial charge on any atom is 0.285 e. The van der Waals surface area contributed by atoms with Crippen LogP contribution in [-0.2, 0) is 20.6 Å².